The Hall–Kier alpha value is -1.13. The third-order valence-electron chi connectivity index (χ3n) is 4.67. The predicted molar refractivity (Wildman–Crippen MR) is 89.3 cm³/mol. The van der Waals surface area contributed by atoms with E-state index in [-0.39, 0.29) is 30.1 Å². The molecule has 0 saturated carbocycles. The molecule has 24 heavy (non-hydrogen) atoms. The van der Waals surface area contributed by atoms with Crippen molar-refractivity contribution in [1.29, 1.82) is 0 Å². The molecular formula is C18H30O6. The summed E-state index contributed by atoms with van der Waals surface area (Å²) in [6.45, 7) is 3.97. The van der Waals surface area contributed by atoms with E-state index in [1.165, 1.54) is 7.11 Å². The summed E-state index contributed by atoms with van der Waals surface area (Å²) < 4.78 is 21.9. The van der Waals surface area contributed by atoms with Gasteiger partial charge in [0.2, 0.25) is 0 Å². The normalized spacial score (nSPS) is 30.9. The van der Waals surface area contributed by atoms with Crippen LogP contribution >= 0.6 is 0 Å². The quantitative estimate of drug-likeness (QED) is 0.531. The molecule has 1 fully saturated rings. The zero-order chi connectivity index (χ0) is 18.3. The summed E-state index contributed by atoms with van der Waals surface area (Å²) in [4.78, 5) is 11.7. The molecule has 0 aromatic rings. The van der Waals surface area contributed by atoms with Gasteiger partial charge in [-0.1, -0.05) is 13.8 Å². The van der Waals surface area contributed by atoms with E-state index < -0.39 is 18.2 Å². The Morgan fingerprint density at radius 1 is 1.38 bits per heavy atom. The van der Waals surface area contributed by atoms with Crippen LogP contribution in [0.25, 0.3) is 0 Å². The first kappa shape index (κ1) is 20.9. The lowest BCUT2D eigenvalue weighted by Crippen LogP contribution is -2.55. The van der Waals surface area contributed by atoms with Gasteiger partial charge in [-0.15, -0.1) is 12.3 Å². The van der Waals surface area contributed by atoms with Crippen molar-refractivity contribution in [2.24, 2.45) is 11.8 Å². The first-order valence-electron chi connectivity index (χ1n) is 8.29. The van der Waals surface area contributed by atoms with Gasteiger partial charge in [0.1, 0.15) is 6.10 Å². The monoisotopic (exact) mass is 342 g/mol. The van der Waals surface area contributed by atoms with Gasteiger partial charge in [-0.25, -0.2) is 4.79 Å². The number of hydrogen-bond donors (Lipinski definition) is 1. The molecule has 6 heteroatoms. The smallest absolute Gasteiger partial charge is 0.337 e. The maximum atomic E-state index is 11.7. The third-order valence-corrected chi connectivity index (χ3v) is 4.67. The number of methoxy groups -OCH3 is 3. The van der Waals surface area contributed by atoms with Crippen LogP contribution in [0.2, 0.25) is 0 Å². The van der Waals surface area contributed by atoms with Crippen molar-refractivity contribution in [2.75, 3.05) is 21.3 Å². The Morgan fingerprint density at radius 2 is 2.04 bits per heavy atom. The van der Waals surface area contributed by atoms with E-state index in [1.807, 2.05) is 6.92 Å². The molecule has 0 amide bonds. The first-order chi connectivity index (χ1) is 11.4. The van der Waals surface area contributed by atoms with E-state index in [0.717, 1.165) is 0 Å². The molecule has 1 aliphatic heterocycles. The molecule has 138 valence electrons. The Bertz CT molecular complexity index is 432. The predicted octanol–water partition coefficient (Wildman–Crippen LogP) is 1.39. The summed E-state index contributed by atoms with van der Waals surface area (Å²) in [7, 11) is 4.49. The highest BCUT2D eigenvalue weighted by Crippen LogP contribution is 2.33. The second-order valence-electron chi connectivity index (χ2n) is 6.54. The minimum atomic E-state index is -1.33. The van der Waals surface area contributed by atoms with Crippen LogP contribution in [-0.4, -0.2) is 62.9 Å². The molecule has 0 spiro atoms. The lowest BCUT2D eigenvalue weighted by Gasteiger charge is -2.43. The van der Waals surface area contributed by atoms with Gasteiger partial charge in [-0.3, -0.25) is 0 Å². The van der Waals surface area contributed by atoms with Crippen molar-refractivity contribution in [3.05, 3.63) is 0 Å². The molecule has 6 nitrogen and oxygen atoms in total. The fraction of sp³-hybridized carbons (Fsp3) is 0.833. The standard InChI is InChI=1S/C18H30O6/c1-7-8-11(2)9-13(21-4)17-14(22-5)10-12(3)16(24-17)15(19)18(20)23-6/h1,11-17,19H,8-10H2,2-6H3/t11-,12+,13-,14-,15+,16+,17+/m0/s1. The molecule has 1 saturated heterocycles. The number of esters is 1. The molecule has 1 heterocycles. The zero-order valence-electron chi connectivity index (χ0n) is 15.2. The molecule has 0 unspecified atom stereocenters. The number of aliphatic hydroxyl groups is 1. The number of ether oxygens (including phenoxy) is 4. The Kier molecular flexibility index (Phi) is 8.71. The summed E-state index contributed by atoms with van der Waals surface area (Å²) in [5, 5.41) is 10.2. The van der Waals surface area contributed by atoms with Crippen LogP contribution in [0.4, 0.5) is 0 Å². The Balaban J connectivity index is 2.91. The second-order valence-corrected chi connectivity index (χ2v) is 6.54. The molecule has 7 atom stereocenters. The number of carbonyl (C=O) groups excluding carboxylic acids is 1. The van der Waals surface area contributed by atoms with Crippen LogP contribution < -0.4 is 0 Å². The minimum Gasteiger partial charge on any atom is -0.467 e. The summed E-state index contributed by atoms with van der Waals surface area (Å²) in [6, 6.07) is 0. The maximum absolute atomic E-state index is 11.7. The summed E-state index contributed by atoms with van der Waals surface area (Å²) in [5.41, 5.74) is 0. The largest absolute Gasteiger partial charge is 0.467 e. The Labute approximate surface area is 144 Å². The van der Waals surface area contributed by atoms with Crippen LogP contribution in [0, 0.1) is 24.2 Å². The van der Waals surface area contributed by atoms with E-state index >= 15 is 0 Å². The molecule has 0 bridgehead atoms. The van der Waals surface area contributed by atoms with E-state index in [0.29, 0.717) is 19.3 Å². The van der Waals surface area contributed by atoms with Crippen LogP contribution in [0.5, 0.6) is 0 Å². The van der Waals surface area contributed by atoms with E-state index in [9.17, 15) is 9.90 Å². The average Bonchev–Trinajstić information content (AvgIpc) is 2.58. The summed E-state index contributed by atoms with van der Waals surface area (Å²) >= 11 is 0. The van der Waals surface area contributed by atoms with Crippen molar-refractivity contribution < 1.29 is 28.8 Å². The zero-order valence-corrected chi connectivity index (χ0v) is 15.2. The van der Waals surface area contributed by atoms with E-state index in [2.05, 4.69) is 17.6 Å². The highest BCUT2D eigenvalue weighted by molar-refractivity contribution is 5.75. The highest BCUT2D eigenvalue weighted by atomic mass is 16.6. The van der Waals surface area contributed by atoms with Crippen molar-refractivity contribution in [3.63, 3.8) is 0 Å². The van der Waals surface area contributed by atoms with Crippen LogP contribution in [0.1, 0.15) is 33.1 Å². The highest BCUT2D eigenvalue weighted by Gasteiger charge is 2.45. The van der Waals surface area contributed by atoms with Gasteiger partial charge in [-0.05, 0) is 24.7 Å². The van der Waals surface area contributed by atoms with Crippen molar-refractivity contribution >= 4 is 5.97 Å². The SMILES string of the molecule is C#CC[C@H](C)C[C@H](OC)[C@H]1O[C@@H]([C@@H](O)C(=O)OC)[C@H](C)C[C@@H]1OC. The lowest BCUT2D eigenvalue weighted by atomic mass is 9.84. The van der Waals surface area contributed by atoms with Gasteiger partial charge in [0, 0.05) is 20.6 Å². The average molecular weight is 342 g/mol. The fourth-order valence-electron chi connectivity index (χ4n) is 3.28. The van der Waals surface area contributed by atoms with Crippen LogP contribution in [0.3, 0.4) is 0 Å². The molecular weight excluding hydrogens is 312 g/mol. The van der Waals surface area contributed by atoms with Crippen molar-refractivity contribution in [1.82, 2.24) is 0 Å². The number of aliphatic hydroxyl groups excluding tert-OH is 1. The van der Waals surface area contributed by atoms with Crippen LogP contribution in [0.15, 0.2) is 0 Å². The van der Waals surface area contributed by atoms with Gasteiger partial charge < -0.3 is 24.1 Å². The molecule has 1 aliphatic rings. The number of carbonyl (C=O) groups is 1. The third kappa shape index (κ3) is 5.18. The van der Waals surface area contributed by atoms with Crippen molar-refractivity contribution in [3.8, 4) is 12.3 Å². The first-order valence-corrected chi connectivity index (χ1v) is 8.29. The van der Waals surface area contributed by atoms with Gasteiger partial charge in [0.25, 0.3) is 0 Å². The molecule has 1 N–H and O–H groups in total. The van der Waals surface area contributed by atoms with Gasteiger partial charge in [0.15, 0.2) is 6.10 Å². The summed E-state index contributed by atoms with van der Waals surface area (Å²) in [5.74, 6) is 2.17. The molecule has 0 aromatic carbocycles. The molecule has 0 aliphatic carbocycles. The second kappa shape index (κ2) is 10.00. The molecule has 0 aromatic heterocycles. The molecule has 0 radical (unpaired) electrons. The summed E-state index contributed by atoms with van der Waals surface area (Å²) in [6.07, 6.45) is 4.60. The topological polar surface area (TPSA) is 74.2 Å². The fourth-order valence-corrected chi connectivity index (χ4v) is 3.28. The lowest BCUT2D eigenvalue weighted by molar-refractivity contribution is -0.220. The number of terminal acetylenes is 1. The maximum Gasteiger partial charge on any atom is 0.337 e. The van der Waals surface area contributed by atoms with E-state index in [4.69, 9.17) is 20.6 Å². The number of hydrogen-bond acceptors (Lipinski definition) is 6. The van der Waals surface area contributed by atoms with E-state index in [1.54, 1.807) is 14.2 Å². The number of rotatable bonds is 8. The van der Waals surface area contributed by atoms with Gasteiger partial charge in [0.05, 0.1) is 25.4 Å². The molecule has 1 rings (SSSR count). The minimum absolute atomic E-state index is 0.0547. The van der Waals surface area contributed by atoms with Gasteiger partial charge >= 0.3 is 5.97 Å². The van der Waals surface area contributed by atoms with Crippen LogP contribution in [-0.2, 0) is 23.7 Å². The Morgan fingerprint density at radius 3 is 2.54 bits per heavy atom. The van der Waals surface area contributed by atoms with Gasteiger partial charge in [-0.2, -0.15) is 0 Å². The van der Waals surface area contributed by atoms with Crippen molar-refractivity contribution in [2.45, 2.75) is 63.6 Å².